The first-order valence-corrected chi connectivity index (χ1v) is 8.89. The molecule has 0 aliphatic carbocycles. The molecule has 5 heteroatoms. The van der Waals surface area contributed by atoms with E-state index in [1.807, 2.05) is 49.5 Å². The number of carbonyl (C=O) groups excluding carboxylic acids is 1. The van der Waals surface area contributed by atoms with Gasteiger partial charge in [-0.15, -0.1) is 0 Å². The summed E-state index contributed by atoms with van der Waals surface area (Å²) in [7, 11) is 2.03. The zero-order valence-electron chi connectivity index (χ0n) is 14.6. The highest BCUT2D eigenvalue weighted by Gasteiger charge is 2.24. The molecule has 132 valence electrons. The minimum absolute atomic E-state index is 0.0438. The number of likely N-dealkylation sites (tertiary alicyclic amines) is 1. The second kappa shape index (κ2) is 8.62. The van der Waals surface area contributed by atoms with E-state index in [0.29, 0.717) is 12.4 Å². The Hall–Kier alpha value is -2.40. The molecule has 2 aromatic rings. The van der Waals surface area contributed by atoms with Crippen LogP contribution in [0.25, 0.3) is 0 Å². The number of hydrogen-bond acceptors (Lipinski definition) is 4. The van der Waals surface area contributed by atoms with E-state index in [1.54, 1.807) is 6.20 Å². The molecular weight excluding hydrogens is 314 g/mol. The highest BCUT2D eigenvalue weighted by atomic mass is 16.5. The fourth-order valence-electron chi connectivity index (χ4n) is 3.13. The third-order valence-electron chi connectivity index (χ3n) is 4.58. The Labute approximate surface area is 149 Å². The van der Waals surface area contributed by atoms with E-state index in [9.17, 15) is 4.79 Å². The van der Waals surface area contributed by atoms with E-state index in [0.717, 1.165) is 37.1 Å². The minimum Gasteiger partial charge on any atom is -0.439 e. The second-order valence-corrected chi connectivity index (χ2v) is 6.45. The van der Waals surface area contributed by atoms with Crippen LogP contribution >= 0.6 is 0 Å². The van der Waals surface area contributed by atoms with Crippen molar-refractivity contribution in [3.8, 4) is 11.6 Å². The number of nitrogens with zero attached hydrogens (tertiary/aromatic N) is 2. The van der Waals surface area contributed by atoms with Crippen LogP contribution < -0.4 is 10.1 Å². The van der Waals surface area contributed by atoms with Crippen LogP contribution in [-0.4, -0.2) is 35.4 Å². The highest BCUT2D eigenvalue weighted by Crippen LogP contribution is 2.22. The Morgan fingerprint density at radius 1 is 1.20 bits per heavy atom. The molecule has 0 bridgehead atoms. The molecule has 1 amide bonds. The molecule has 1 aliphatic rings. The number of ether oxygens (including phenoxy) is 1. The lowest BCUT2D eigenvalue weighted by molar-refractivity contribution is -0.126. The topological polar surface area (TPSA) is 54.5 Å². The minimum atomic E-state index is -0.0438. The monoisotopic (exact) mass is 339 g/mol. The van der Waals surface area contributed by atoms with Crippen LogP contribution in [0.15, 0.2) is 48.7 Å². The van der Waals surface area contributed by atoms with Gasteiger partial charge >= 0.3 is 0 Å². The maximum atomic E-state index is 12.6. The molecule has 1 unspecified atom stereocenters. The molecule has 1 aromatic carbocycles. The molecule has 1 aliphatic heterocycles. The summed E-state index contributed by atoms with van der Waals surface area (Å²) in [5.41, 5.74) is 0.871. The van der Waals surface area contributed by atoms with Crippen molar-refractivity contribution in [2.24, 2.45) is 0 Å². The van der Waals surface area contributed by atoms with Crippen LogP contribution in [-0.2, 0) is 11.3 Å². The average Bonchev–Trinajstić information content (AvgIpc) is 2.86. The van der Waals surface area contributed by atoms with Gasteiger partial charge in [-0.1, -0.05) is 37.1 Å². The second-order valence-electron chi connectivity index (χ2n) is 6.45. The maximum absolute atomic E-state index is 12.6. The van der Waals surface area contributed by atoms with Gasteiger partial charge in [-0.05, 0) is 44.6 Å². The number of hydrogen-bond donors (Lipinski definition) is 1. The van der Waals surface area contributed by atoms with Crippen molar-refractivity contribution in [1.82, 2.24) is 15.2 Å². The van der Waals surface area contributed by atoms with Crippen LogP contribution in [0.2, 0.25) is 0 Å². The van der Waals surface area contributed by atoms with E-state index in [4.69, 9.17) is 4.74 Å². The Morgan fingerprint density at radius 2 is 2.04 bits per heavy atom. The van der Waals surface area contributed by atoms with E-state index >= 15 is 0 Å². The molecule has 0 radical (unpaired) electrons. The normalized spacial score (nSPS) is 18.4. The van der Waals surface area contributed by atoms with Crippen LogP contribution in [0, 0.1) is 0 Å². The van der Waals surface area contributed by atoms with Crippen molar-refractivity contribution >= 4 is 5.91 Å². The summed E-state index contributed by atoms with van der Waals surface area (Å²) in [6, 6.07) is 13.3. The summed E-state index contributed by atoms with van der Waals surface area (Å²) in [5.74, 6) is 1.35. The number of likely N-dealkylation sites (N-methyl/N-ethyl adjacent to an activating group) is 1. The molecule has 1 saturated heterocycles. The molecular formula is C20H25N3O2. The van der Waals surface area contributed by atoms with Gasteiger partial charge in [-0.2, -0.15) is 0 Å². The van der Waals surface area contributed by atoms with Gasteiger partial charge in [0.1, 0.15) is 5.75 Å². The van der Waals surface area contributed by atoms with Crippen molar-refractivity contribution in [1.29, 1.82) is 0 Å². The van der Waals surface area contributed by atoms with E-state index in [2.05, 4.69) is 15.2 Å². The van der Waals surface area contributed by atoms with Gasteiger partial charge in [0.15, 0.2) is 0 Å². The van der Waals surface area contributed by atoms with Gasteiger partial charge in [0, 0.05) is 18.3 Å². The summed E-state index contributed by atoms with van der Waals surface area (Å²) in [6.07, 6.45) is 6.09. The summed E-state index contributed by atoms with van der Waals surface area (Å²) >= 11 is 0. The molecule has 1 fully saturated rings. The summed E-state index contributed by atoms with van der Waals surface area (Å²) in [5, 5.41) is 3.05. The fraction of sp³-hybridized carbons (Fsp3) is 0.400. The molecule has 1 atom stereocenters. The van der Waals surface area contributed by atoms with Gasteiger partial charge in [0.2, 0.25) is 11.8 Å². The van der Waals surface area contributed by atoms with Crippen molar-refractivity contribution in [3.63, 3.8) is 0 Å². The van der Waals surface area contributed by atoms with Gasteiger partial charge in [0.25, 0.3) is 0 Å². The van der Waals surface area contributed by atoms with Crippen LogP contribution in [0.1, 0.15) is 31.2 Å². The van der Waals surface area contributed by atoms with Gasteiger partial charge in [-0.25, -0.2) is 4.98 Å². The lowest BCUT2D eigenvalue weighted by atomic mass is 10.1. The van der Waals surface area contributed by atoms with Crippen molar-refractivity contribution in [2.45, 2.75) is 38.3 Å². The lowest BCUT2D eigenvalue weighted by Gasteiger charge is -2.24. The molecule has 5 nitrogen and oxygen atoms in total. The summed E-state index contributed by atoms with van der Waals surface area (Å²) in [6.45, 7) is 1.40. The summed E-state index contributed by atoms with van der Waals surface area (Å²) < 4.78 is 5.86. The van der Waals surface area contributed by atoms with Gasteiger partial charge in [0.05, 0.1) is 6.04 Å². The molecule has 3 rings (SSSR count). The predicted molar refractivity (Wildman–Crippen MR) is 97.5 cm³/mol. The van der Waals surface area contributed by atoms with Crippen molar-refractivity contribution in [2.75, 3.05) is 13.6 Å². The first kappa shape index (κ1) is 17.4. The Bertz CT molecular complexity index is 690. The molecule has 2 heterocycles. The number of benzene rings is 1. The standard InChI is InChI=1S/C20H25N3O2/c1-23-14-7-3-6-12-18(23)19(24)22-15-16-9-8-13-21-20(16)25-17-10-4-2-5-11-17/h2,4-5,8-11,13,18H,3,6-7,12,14-15H2,1H3,(H,22,24). The van der Waals surface area contributed by atoms with E-state index in [1.165, 1.54) is 6.42 Å². The number of aromatic nitrogens is 1. The quantitative estimate of drug-likeness (QED) is 0.907. The van der Waals surface area contributed by atoms with Gasteiger partial charge < -0.3 is 10.1 Å². The first-order valence-electron chi connectivity index (χ1n) is 8.89. The third kappa shape index (κ3) is 4.79. The lowest BCUT2D eigenvalue weighted by Crippen LogP contribution is -2.44. The Morgan fingerprint density at radius 3 is 2.88 bits per heavy atom. The fourth-order valence-corrected chi connectivity index (χ4v) is 3.13. The number of pyridine rings is 1. The van der Waals surface area contributed by atoms with Crippen molar-refractivity contribution in [3.05, 3.63) is 54.2 Å². The highest BCUT2D eigenvalue weighted by molar-refractivity contribution is 5.81. The number of amides is 1. The number of nitrogens with one attached hydrogen (secondary N) is 1. The zero-order valence-corrected chi connectivity index (χ0v) is 14.6. The van der Waals surface area contributed by atoms with Crippen molar-refractivity contribution < 1.29 is 9.53 Å². The third-order valence-corrected chi connectivity index (χ3v) is 4.58. The largest absolute Gasteiger partial charge is 0.439 e. The first-order chi connectivity index (χ1) is 12.2. The zero-order chi connectivity index (χ0) is 17.5. The maximum Gasteiger partial charge on any atom is 0.237 e. The number of para-hydroxylation sites is 1. The molecule has 1 aromatic heterocycles. The predicted octanol–water partition coefficient (Wildman–Crippen LogP) is 3.36. The molecule has 1 N–H and O–H groups in total. The van der Waals surface area contributed by atoms with Gasteiger partial charge in [-0.3, -0.25) is 9.69 Å². The van der Waals surface area contributed by atoms with E-state index < -0.39 is 0 Å². The molecule has 0 spiro atoms. The van der Waals surface area contributed by atoms with Crippen LogP contribution in [0.4, 0.5) is 0 Å². The number of carbonyl (C=O) groups is 1. The number of rotatable bonds is 5. The smallest absolute Gasteiger partial charge is 0.237 e. The average molecular weight is 339 g/mol. The summed E-state index contributed by atoms with van der Waals surface area (Å²) in [4.78, 5) is 19.1. The Kier molecular flexibility index (Phi) is 6.01. The van der Waals surface area contributed by atoms with Crippen LogP contribution in [0.5, 0.6) is 11.6 Å². The molecule has 0 saturated carbocycles. The van der Waals surface area contributed by atoms with E-state index in [-0.39, 0.29) is 11.9 Å². The SMILES string of the molecule is CN1CCCCCC1C(=O)NCc1cccnc1Oc1ccccc1. The Balaban J connectivity index is 1.64. The molecule has 25 heavy (non-hydrogen) atoms. The van der Waals surface area contributed by atoms with Crippen LogP contribution in [0.3, 0.4) is 0 Å².